The zero-order chi connectivity index (χ0) is 21.1. The molecule has 0 radical (unpaired) electrons. The van der Waals surface area contributed by atoms with E-state index >= 15 is 0 Å². The maximum absolute atomic E-state index is 6.11. The van der Waals surface area contributed by atoms with Crippen LogP contribution in [0.5, 0.6) is 17.2 Å². The Labute approximate surface area is 176 Å². The minimum Gasteiger partial charge on any atom is -0.497 e. The van der Waals surface area contributed by atoms with Gasteiger partial charge in [-0.05, 0) is 36.2 Å². The molecule has 0 N–H and O–H groups in total. The van der Waals surface area contributed by atoms with Gasteiger partial charge in [0.15, 0.2) is 11.5 Å². The molecule has 4 rings (SSSR count). The first kappa shape index (κ1) is 19.7. The summed E-state index contributed by atoms with van der Waals surface area (Å²) >= 11 is 0. The van der Waals surface area contributed by atoms with Crippen LogP contribution in [-0.4, -0.2) is 30.7 Å². The number of hydrogen-bond donors (Lipinski definition) is 0. The second-order valence-corrected chi connectivity index (χ2v) is 7.18. The van der Waals surface area contributed by atoms with Crippen LogP contribution in [0.4, 0.5) is 11.4 Å². The van der Waals surface area contributed by atoms with Gasteiger partial charge in [-0.25, -0.2) is 0 Å². The molecule has 7 nitrogen and oxygen atoms in total. The van der Waals surface area contributed by atoms with Crippen molar-refractivity contribution in [3.63, 3.8) is 0 Å². The summed E-state index contributed by atoms with van der Waals surface area (Å²) in [5.41, 5.74) is 4.30. The number of hydrogen-bond acceptors (Lipinski definition) is 6. The molecule has 0 bridgehead atoms. The van der Waals surface area contributed by atoms with Crippen molar-refractivity contribution in [2.24, 2.45) is 7.05 Å². The minimum atomic E-state index is 0.445. The van der Waals surface area contributed by atoms with Crippen LogP contribution < -0.4 is 24.0 Å². The van der Waals surface area contributed by atoms with Gasteiger partial charge in [0.1, 0.15) is 12.4 Å². The minimum absolute atomic E-state index is 0.445. The zero-order valence-electron chi connectivity index (χ0n) is 17.7. The first-order chi connectivity index (χ1) is 14.6. The molecule has 0 spiro atoms. The van der Waals surface area contributed by atoms with Crippen molar-refractivity contribution in [2.75, 3.05) is 30.7 Å². The van der Waals surface area contributed by atoms with Gasteiger partial charge in [-0.2, -0.15) is 5.10 Å². The van der Waals surface area contributed by atoms with Crippen molar-refractivity contribution in [3.05, 3.63) is 72.3 Å². The number of rotatable bonds is 7. The van der Waals surface area contributed by atoms with Gasteiger partial charge >= 0.3 is 0 Å². The summed E-state index contributed by atoms with van der Waals surface area (Å²) in [6.45, 7) is 3.23. The third kappa shape index (κ3) is 4.05. The molecule has 0 amide bonds. The molecule has 156 valence electrons. The third-order valence-corrected chi connectivity index (χ3v) is 5.10. The number of benzene rings is 2. The Kier molecular flexibility index (Phi) is 5.52. The molecule has 30 heavy (non-hydrogen) atoms. The van der Waals surface area contributed by atoms with Crippen molar-refractivity contribution in [1.82, 2.24) is 9.78 Å². The van der Waals surface area contributed by atoms with Crippen LogP contribution in [0, 0.1) is 6.92 Å². The Balaban J connectivity index is 1.52. The molecule has 0 fully saturated rings. The van der Waals surface area contributed by atoms with E-state index in [2.05, 4.69) is 34.2 Å². The Morgan fingerprint density at radius 2 is 1.73 bits per heavy atom. The molecule has 1 aliphatic rings. The van der Waals surface area contributed by atoms with Crippen LogP contribution in [0.3, 0.4) is 0 Å². The molecule has 0 atom stereocenters. The fourth-order valence-corrected chi connectivity index (χ4v) is 3.42. The molecule has 2 aromatic carbocycles. The fraction of sp³-hybridized carbons (Fsp3) is 0.261. The van der Waals surface area contributed by atoms with Crippen molar-refractivity contribution in [3.8, 4) is 17.2 Å². The number of methoxy groups -OCH3 is 2. The molecule has 0 saturated heterocycles. The lowest BCUT2D eigenvalue weighted by atomic mass is 10.1. The molecule has 0 saturated carbocycles. The highest BCUT2D eigenvalue weighted by Gasteiger charge is 2.20. The molecule has 3 aromatic rings. The number of ether oxygens (including phenoxy) is 3. The zero-order valence-corrected chi connectivity index (χ0v) is 17.7. The average molecular weight is 406 g/mol. The van der Waals surface area contributed by atoms with Gasteiger partial charge in [0.2, 0.25) is 0 Å². The smallest absolute Gasteiger partial charge is 0.163 e. The van der Waals surface area contributed by atoms with Crippen molar-refractivity contribution in [2.45, 2.75) is 13.5 Å². The topological polar surface area (TPSA) is 52.0 Å². The predicted molar refractivity (Wildman–Crippen MR) is 117 cm³/mol. The van der Waals surface area contributed by atoms with Gasteiger partial charge in [0.05, 0.1) is 32.8 Å². The Morgan fingerprint density at radius 1 is 0.967 bits per heavy atom. The SMILES string of the molecule is COc1ccc(COc2cc(N3C=CN(c4cnn(C)c4)C3)c(C)cc2OC)cc1. The van der Waals surface area contributed by atoms with Crippen molar-refractivity contribution in [1.29, 1.82) is 0 Å². The first-order valence-corrected chi connectivity index (χ1v) is 9.72. The number of aryl methyl sites for hydroxylation is 2. The normalized spacial score (nSPS) is 13.1. The molecule has 7 heteroatoms. The predicted octanol–water partition coefficient (Wildman–Crippen LogP) is 4.08. The van der Waals surface area contributed by atoms with E-state index in [9.17, 15) is 0 Å². The van der Waals surface area contributed by atoms with E-state index in [1.165, 1.54) is 0 Å². The Hall–Kier alpha value is -3.61. The van der Waals surface area contributed by atoms with Crippen molar-refractivity contribution >= 4 is 11.4 Å². The summed E-state index contributed by atoms with van der Waals surface area (Å²) in [6, 6.07) is 11.9. The molecule has 1 aliphatic heterocycles. The molecular formula is C23H26N4O3. The maximum atomic E-state index is 6.11. The molecule has 1 aromatic heterocycles. The summed E-state index contributed by atoms with van der Waals surface area (Å²) < 4.78 is 18.7. The highest BCUT2D eigenvalue weighted by atomic mass is 16.5. The summed E-state index contributed by atoms with van der Waals surface area (Å²) in [6.07, 6.45) is 7.98. The van der Waals surface area contributed by atoms with Crippen LogP contribution >= 0.6 is 0 Å². The summed E-state index contributed by atoms with van der Waals surface area (Å²) in [5.74, 6) is 2.26. The lowest BCUT2D eigenvalue weighted by Gasteiger charge is -2.23. The highest BCUT2D eigenvalue weighted by molar-refractivity contribution is 5.66. The molecule has 0 aliphatic carbocycles. The van der Waals surface area contributed by atoms with E-state index < -0.39 is 0 Å². The second kappa shape index (κ2) is 8.41. The highest BCUT2D eigenvalue weighted by Crippen LogP contribution is 2.37. The summed E-state index contributed by atoms with van der Waals surface area (Å²) in [5, 5.41) is 4.26. The van der Waals surface area contributed by atoms with Crippen LogP contribution in [0.2, 0.25) is 0 Å². The van der Waals surface area contributed by atoms with E-state index in [1.807, 2.05) is 55.8 Å². The first-order valence-electron chi connectivity index (χ1n) is 9.72. The summed E-state index contributed by atoms with van der Waals surface area (Å²) in [4.78, 5) is 4.33. The van der Waals surface area contributed by atoms with Crippen LogP contribution in [0.25, 0.3) is 0 Å². The van der Waals surface area contributed by atoms with Crippen LogP contribution in [0.15, 0.2) is 61.2 Å². The number of aromatic nitrogens is 2. The largest absolute Gasteiger partial charge is 0.497 e. The fourth-order valence-electron chi connectivity index (χ4n) is 3.42. The Bertz CT molecular complexity index is 1040. The quantitative estimate of drug-likeness (QED) is 0.589. The number of nitrogens with zero attached hydrogens (tertiary/aromatic N) is 4. The van der Waals surface area contributed by atoms with E-state index in [1.54, 1.807) is 18.9 Å². The summed E-state index contributed by atoms with van der Waals surface area (Å²) in [7, 11) is 5.24. The second-order valence-electron chi connectivity index (χ2n) is 7.18. The maximum Gasteiger partial charge on any atom is 0.163 e. The van der Waals surface area contributed by atoms with Gasteiger partial charge in [-0.15, -0.1) is 0 Å². The number of anilines is 2. The lowest BCUT2D eigenvalue weighted by Crippen LogP contribution is -2.25. The standard InChI is InChI=1S/C23H26N4O3/c1-17-11-22(29-4)23(30-15-18-5-7-20(28-3)8-6-18)12-21(17)27-10-9-26(16-27)19-13-24-25(2)14-19/h5-14H,15-16H2,1-4H3. The van der Waals surface area contributed by atoms with Gasteiger partial charge in [-0.1, -0.05) is 12.1 Å². The van der Waals surface area contributed by atoms with Gasteiger partial charge in [0.25, 0.3) is 0 Å². The van der Waals surface area contributed by atoms with Gasteiger partial charge in [-0.3, -0.25) is 4.68 Å². The van der Waals surface area contributed by atoms with Gasteiger partial charge < -0.3 is 24.0 Å². The van der Waals surface area contributed by atoms with Crippen LogP contribution in [-0.2, 0) is 13.7 Å². The lowest BCUT2D eigenvalue weighted by molar-refractivity contribution is 0.284. The molecule has 2 heterocycles. The molecule has 0 unspecified atom stereocenters. The monoisotopic (exact) mass is 406 g/mol. The van der Waals surface area contributed by atoms with E-state index in [4.69, 9.17) is 14.2 Å². The Morgan fingerprint density at radius 3 is 2.40 bits per heavy atom. The van der Waals surface area contributed by atoms with Crippen molar-refractivity contribution < 1.29 is 14.2 Å². The van der Waals surface area contributed by atoms with Gasteiger partial charge in [0, 0.05) is 37.4 Å². The van der Waals surface area contributed by atoms with E-state index in [0.29, 0.717) is 19.0 Å². The van der Waals surface area contributed by atoms with E-state index in [0.717, 1.165) is 34.0 Å². The van der Waals surface area contributed by atoms with E-state index in [-0.39, 0.29) is 0 Å². The van der Waals surface area contributed by atoms with Crippen LogP contribution in [0.1, 0.15) is 11.1 Å². The average Bonchev–Trinajstić information content (AvgIpc) is 3.42. The third-order valence-electron chi connectivity index (χ3n) is 5.10. The molecular weight excluding hydrogens is 380 g/mol.